The van der Waals surface area contributed by atoms with E-state index in [1.54, 1.807) is 0 Å². The van der Waals surface area contributed by atoms with Crippen LogP contribution in [0.3, 0.4) is 0 Å². The van der Waals surface area contributed by atoms with Gasteiger partial charge in [-0.25, -0.2) is 0 Å². The smallest absolute Gasteiger partial charge is 0.121 e. The van der Waals surface area contributed by atoms with Crippen molar-refractivity contribution < 1.29 is 4.74 Å². The quantitative estimate of drug-likeness (QED) is 0.554. The van der Waals surface area contributed by atoms with Gasteiger partial charge in [0.05, 0.1) is 6.10 Å². The van der Waals surface area contributed by atoms with Crippen LogP contribution in [-0.4, -0.2) is 12.2 Å². The lowest BCUT2D eigenvalue weighted by Gasteiger charge is -2.34. The summed E-state index contributed by atoms with van der Waals surface area (Å²) in [6.07, 6.45) is 3.92. The minimum Gasteiger partial charge on any atom is -0.362 e. The van der Waals surface area contributed by atoms with E-state index >= 15 is 0 Å². The molecule has 0 spiro atoms. The maximum atomic E-state index is 5.68. The third-order valence-corrected chi connectivity index (χ3v) is 3.41. The van der Waals surface area contributed by atoms with E-state index in [0.29, 0.717) is 24.0 Å². The molecule has 3 atom stereocenters. The van der Waals surface area contributed by atoms with Gasteiger partial charge in [-0.3, -0.25) is 0 Å². The average molecular weight is 235 g/mol. The highest BCUT2D eigenvalue weighted by Crippen LogP contribution is 2.31. The van der Waals surface area contributed by atoms with Crippen molar-refractivity contribution in [2.75, 3.05) is 6.07 Å². The zero-order valence-corrected chi connectivity index (χ0v) is 11.7. The molecule has 0 fully saturated rings. The molecule has 0 aliphatic heterocycles. The molecule has 0 radical (unpaired) electrons. The summed E-state index contributed by atoms with van der Waals surface area (Å²) in [7, 11) is 0. The van der Waals surface area contributed by atoms with Crippen LogP contribution in [0, 0.1) is 17.8 Å². The summed E-state index contributed by atoms with van der Waals surface area (Å²) in [6, 6.07) is 0.320. The molecule has 0 saturated carbocycles. The predicted molar refractivity (Wildman–Crippen MR) is 68.3 cm³/mol. The van der Waals surface area contributed by atoms with Gasteiger partial charge in [0.1, 0.15) is 6.07 Å². The van der Waals surface area contributed by atoms with Gasteiger partial charge in [0.25, 0.3) is 0 Å². The summed E-state index contributed by atoms with van der Waals surface area (Å²) >= 11 is 5.68. The fourth-order valence-corrected chi connectivity index (χ4v) is 2.84. The van der Waals surface area contributed by atoms with Gasteiger partial charge in [0.2, 0.25) is 0 Å². The number of hydrogen-bond acceptors (Lipinski definition) is 1. The maximum Gasteiger partial charge on any atom is 0.121 e. The van der Waals surface area contributed by atoms with E-state index in [1.165, 1.54) is 12.8 Å². The Bertz CT molecular complexity index is 147. The van der Waals surface area contributed by atoms with Crippen molar-refractivity contribution in [1.82, 2.24) is 0 Å². The molecular formula is C13H27ClO. The first kappa shape index (κ1) is 15.2. The minimum atomic E-state index is 0.320. The molecular weight excluding hydrogens is 208 g/mol. The SMILES string of the molecule is CCC[C@H](C)[C@@H](C(C)C)[C@H](CC)OCCl. The molecule has 15 heavy (non-hydrogen) atoms. The van der Waals surface area contributed by atoms with Gasteiger partial charge in [0, 0.05) is 0 Å². The van der Waals surface area contributed by atoms with Gasteiger partial charge in [-0.05, 0) is 24.2 Å². The van der Waals surface area contributed by atoms with Crippen LogP contribution in [0.2, 0.25) is 0 Å². The van der Waals surface area contributed by atoms with Crippen molar-refractivity contribution in [2.24, 2.45) is 17.8 Å². The summed E-state index contributed by atoms with van der Waals surface area (Å²) in [4.78, 5) is 0. The van der Waals surface area contributed by atoms with E-state index in [2.05, 4.69) is 34.6 Å². The monoisotopic (exact) mass is 234 g/mol. The molecule has 0 heterocycles. The van der Waals surface area contributed by atoms with Gasteiger partial charge in [-0.15, -0.1) is 0 Å². The lowest BCUT2D eigenvalue weighted by molar-refractivity contribution is -0.00492. The lowest BCUT2D eigenvalue weighted by atomic mass is 9.77. The van der Waals surface area contributed by atoms with E-state index in [9.17, 15) is 0 Å². The summed E-state index contributed by atoms with van der Waals surface area (Å²) in [6.45, 7) is 11.4. The van der Waals surface area contributed by atoms with Crippen LogP contribution in [0.5, 0.6) is 0 Å². The largest absolute Gasteiger partial charge is 0.362 e. The molecule has 0 aliphatic rings. The van der Waals surface area contributed by atoms with Gasteiger partial charge in [-0.1, -0.05) is 59.1 Å². The summed E-state index contributed by atoms with van der Waals surface area (Å²) in [5.74, 6) is 2.02. The van der Waals surface area contributed by atoms with Crippen LogP contribution in [0.4, 0.5) is 0 Å². The molecule has 0 aliphatic carbocycles. The Morgan fingerprint density at radius 1 is 1.13 bits per heavy atom. The second-order valence-corrected chi connectivity index (χ2v) is 5.03. The Morgan fingerprint density at radius 2 is 1.73 bits per heavy atom. The molecule has 0 aromatic carbocycles. The van der Waals surface area contributed by atoms with Crippen molar-refractivity contribution in [2.45, 2.75) is 60.0 Å². The highest BCUT2D eigenvalue weighted by atomic mass is 35.5. The molecule has 2 heteroatoms. The first-order chi connectivity index (χ1) is 7.08. The van der Waals surface area contributed by atoms with Gasteiger partial charge in [-0.2, -0.15) is 0 Å². The predicted octanol–water partition coefficient (Wildman–Crippen LogP) is 4.69. The van der Waals surface area contributed by atoms with E-state index in [0.717, 1.165) is 12.3 Å². The van der Waals surface area contributed by atoms with Crippen molar-refractivity contribution in [1.29, 1.82) is 0 Å². The molecule has 0 amide bonds. The van der Waals surface area contributed by atoms with Gasteiger partial charge in [0.15, 0.2) is 0 Å². The van der Waals surface area contributed by atoms with Crippen molar-refractivity contribution in [3.63, 3.8) is 0 Å². The third kappa shape index (κ3) is 5.21. The molecule has 0 rings (SSSR count). The lowest BCUT2D eigenvalue weighted by Crippen LogP contribution is -2.32. The van der Waals surface area contributed by atoms with Crippen LogP contribution in [0.1, 0.15) is 53.9 Å². The van der Waals surface area contributed by atoms with E-state index in [4.69, 9.17) is 16.3 Å². The molecule has 0 unspecified atom stereocenters. The Kier molecular flexibility index (Phi) is 8.55. The van der Waals surface area contributed by atoms with E-state index < -0.39 is 0 Å². The van der Waals surface area contributed by atoms with Gasteiger partial charge < -0.3 is 4.74 Å². The standard InChI is InChI=1S/C13H27ClO/c1-6-8-11(5)13(10(3)4)12(7-2)15-9-14/h10-13H,6-9H2,1-5H3/t11-,12-,13+/m0/s1. The molecule has 0 bridgehead atoms. The first-order valence-corrected chi connectivity index (χ1v) is 6.79. The molecule has 0 saturated heterocycles. The van der Waals surface area contributed by atoms with E-state index in [1.807, 2.05) is 0 Å². The zero-order valence-electron chi connectivity index (χ0n) is 10.9. The third-order valence-electron chi connectivity index (χ3n) is 3.28. The Morgan fingerprint density at radius 3 is 2.07 bits per heavy atom. The summed E-state index contributed by atoms with van der Waals surface area (Å²) < 4.78 is 5.65. The highest BCUT2D eigenvalue weighted by molar-refractivity contribution is 6.17. The van der Waals surface area contributed by atoms with Crippen LogP contribution < -0.4 is 0 Å². The minimum absolute atomic E-state index is 0.320. The second-order valence-electron chi connectivity index (χ2n) is 4.81. The Hall–Kier alpha value is 0.250. The fourth-order valence-electron chi connectivity index (χ4n) is 2.68. The molecule has 0 aromatic rings. The Balaban J connectivity index is 4.45. The van der Waals surface area contributed by atoms with Crippen LogP contribution in [0.25, 0.3) is 0 Å². The fraction of sp³-hybridized carbons (Fsp3) is 1.00. The summed E-state index contributed by atoms with van der Waals surface area (Å²) in [5.41, 5.74) is 0. The van der Waals surface area contributed by atoms with Crippen LogP contribution >= 0.6 is 11.6 Å². The number of ether oxygens (including phenoxy) is 1. The summed E-state index contributed by atoms with van der Waals surface area (Å²) in [5, 5.41) is 0. The van der Waals surface area contributed by atoms with Crippen molar-refractivity contribution in [3.05, 3.63) is 0 Å². The molecule has 0 N–H and O–H groups in total. The highest BCUT2D eigenvalue weighted by Gasteiger charge is 2.28. The normalized spacial score (nSPS) is 17.8. The zero-order chi connectivity index (χ0) is 11.8. The molecule has 1 nitrogen and oxygen atoms in total. The first-order valence-electron chi connectivity index (χ1n) is 6.25. The van der Waals surface area contributed by atoms with E-state index in [-0.39, 0.29) is 0 Å². The maximum absolute atomic E-state index is 5.68. The van der Waals surface area contributed by atoms with Gasteiger partial charge >= 0.3 is 0 Å². The topological polar surface area (TPSA) is 9.23 Å². The molecule has 0 aromatic heterocycles. The van der Waals surface area contributed by atoms with Crippen molar-refractivity contribution in [3.8, 4) is 0 Å². The Labute approximate surface area is 101 Å². The average Bonchev–Trinajstić information content (AvgIpc) is 2.16. The van der Waals surface area contributed by atoms with Crippen LogP contribution in [0.15, 0.2) is 0 Å². The second kappa shape index (κ2) is 8.41. The number of rotatable bonds is 8. The number of alkyl halides is 1. The van der Waals surface area contributed by atoms with Crippen molar-refractivity contribution >= 4 is 11.6 Å². The number of halogens is 1. The van der Waals surface area contributed by atoms with Crippen LogP contribution in [-0.2, 0) is 4.74 Å². The molecule has 92 valence electrons. The number of hydrogen-bond donors (Lipinski definition) is 0.